The van der Waals surface area contributed by atoms with Gasteiger partial charge in [0.25, 0.3) is 11.8 Å². The van der Waals surface area contributed by atoms with Gasteiger partial charge in [0, 0.05) is 36.0 Å². The van der Waals surface area contributed by atoms with Crippen LogP contribution in [0.2, 0.25) is 0 Å². The minimum Gasteiger partial charge on any atom is -0.369 e. The minimum absolute atomic E-state index is 0.0398. The highest BCUT2D eigenvalue weighted by Gasteiger charge is 2.26. The van der Waals surface area contributed by atoms with Gasteiger partial charge in [-0.2, -0.15) is 5.26 Å². The van der Waals surface area contributed by atoms with Gasteiger partial charge in [-0.15, -0.1) is 0 Å². The highest BCUT2D eigenvalue weighted by molar-refractivity contribution is 5.96. The Kier molecular flexibility index (Phi) is 8.18. The van der Waals surface area contributed by atoms with Crippen LogP contribution >= 0.6 is 0 Å². The van der Waals surface area contributed by atoms with Crippen LogP contribution in [0.25, 0.3) is 11.3 Å². The summed E-state index contributed by atoms with van der Waals surface area (Å²) >= 11 is 0. The van der Waals surface area contributed by atoms with Crippen molar-refractivity contribution >= 4 is 17.8 Å². The molecule has 36 heavy (non-hydrogen) atoms. The number of carbonyl (C=O) groups is 2. The number of anilines is 1. The van der Waals surface area contributed by atoms with Crippen molar-refractivity contribution in [1.82, 2.24) is 25.9 Å². The second-order valence-electron chi connectivity index (χ2n) is 8.06. The molecule has 0 bridgehead atoms. The highest BCUT2D eigenvalue weighted by atomic mass is 16.5. The van der Waals surface area contributed by atoms with E-state index in [1.165, 1.54) is 0 Å². The summed E-state index contributed by atoms with van der Waals surface area (Å²) in [5.74, 6) is 0.0204. The Morgan fingerprint density at radius 1 is 1.11 bits per heavy atom. The summed E-state index contributed by atoms with van der Waals surface area (Å²) in [4.78, 5) is 33.3. The van der Waals surface area contributed by atoms with Crippen LogP contribution in [0.4, 0.5) is 5.95 Å². The summed E-state index contributed by atoms with van der Waals surface area (Å²) in [5.41, 5.74) is 3.45. The summed E-state index contributed by atoms with van der Waals surface area (Å²) in [5, 5.41) is 20.6. The number of morpholine rings is 1. The summed E-state index contributed by atoms with van der Waals surface area (Å²) in [7, 11) is 0. The fourth-order valence-corrected chi connectivity index (χ4v) is 3.87. The van der Waals surface area contributed by atoms with E-state index in [2.05, 4.69) is 31.2 Å². The molecule has 2 heterocycles. The van der Waals surface area contributed by atoms with Crippen molar-refractivity contribution in [2.45, 2.75) is 19.2 Å². The Labute approximate surface area is 209 Å². The molecule has 10 heteroatoms. The monoisotopic (exact) mass is 485 g/mol. The Hall–Kier alpha value is -4.33. The third-order valence-electron chi connectivity index (χ3n) is 5.63. The lowest BCUT2D eigenvalue weighted by Crippen LogP contribution is -2.48. The van der Waals surface area contributed by atoms with Gasteiger partial charge in [-0.05, 0) is 36.8 Å². The van der Waals surface area contributed by atoms with Gasteiger partial charge < -0.3 is 20.7 Å². The molecule has 1 aliphatic heterocycles. The summed E-state index contributed by atoms with van der Waals surface area (Å²) in [6, 6.07) is 18.1. The number of ether oxygens (including phenoxy) is 1. The number of rotatable bonds is 8. The number of hydrogen-bond donors (Lipinski definition) is 4. The highest BCUT2D eigenvalue weighted by Crippen LogP contribution is 2.24. The SMILES string of the molecule is CCNC(=O)c1ccccc1C1CNC(Nc2nccc(-c3ccc(C(=O)NCC#N)cc3)n2)CO1. The molecule has 184 valence electrons. The van der Waals surface area contributed by atoms with Crippen molar-refractivity contribution in [3.8, 4) is 17.3 Å². The van der Waals surface area contributed by atoms with Crippen LogP contribution in [-0.2, 0) is 4.74 Å². The normalized spacial score (nSPS) is 17.0. The van der Waals surface area contributed by atoms with Gasteiger partial charge in [0.1, 0.15) is 12.7 Å². The fraction of sp³-hybridized carbons (Fsp3) is 0.269. The topological polar surface area (TPSA) is 141 Å². The van der Waals surface area contributed by atoms with Crippen LogP contribution < -0.4 is 21.3 Å². The van der Waals surface area contributed by atoms with Gasteiger partial charge >= 0.3 is 0 Å². The van der Waals surface area contributed by atoms with E-state index in [4.69, 9.17) is 10.00 Å². The van der Waals surface area contributed by atoms with E-state index in [0.29, 0.717) is 42.5 Å². The van der Waals surface area contributed by atoms with Gasteiger partial charge in [0.05, 0.1) is 24.5 Å². The Morgan fingerprint density at radius 2 is 1.92 bits per heavy atom. The molecule has 2 atom stereocenters. The third-order valence-corrected chi connectivity index (χ3v) is 5.63. The van der Waals surface area contributed by atoms with Crippen molar-refractivity contribution in [3.63, 3.8) is 0 Å². The molecule has 2 unspecified atom stereocenters. The molecule has 0 saturated carbocycles. The van der Waals surface area contributed by atoms with E-state index >= 15 is 0 Å². The fourth-order valence-electron chi connectivity index (χ4n) is 3.87. The van der Waals surface area contributed by atoms with Gasteiger partial charge in [-0.3, -0.25) is 14.9 Å². The molecule has 2 aromatic carbocycles. The second-order valence-corrected chi connectivity index (χ2v) is 8.06. The number of amides is 2. The van der Waals surface area contributed by atoms with Crippen LogP contribution in [0.15, 0.2) is 60.8 Å². The molecule has 0 aliphatic carbocycles. The third kappa shape index (κ3) is 6.02. The van der Waals surface area contributed by atoms with Crippen LogP contribution in [0.1, 0.15) is 39.3 Å². The lowest BCUT2D eigenvalue weighted by atomic mass is 10.0. The summed E-state index contributed by atoms with van der Waals surface area (Å²) < 4.78 is 6.08. The predicted molar refractivity (Wildman–Crippen MR) is 134 cm³/mol. The number of benzene rings is 2. The maximum atomic E-state index is 12.4. The predicted octanol–water partition coefficient (Wildman–Crippen LogP) is 2.25. The van der Waals surface area contributed by atoms with Gasteiger partial charge in [0.2, 0.25) is 5.95 Å². The molecule has 10 nitrogen and oxygen atoms in total. The Bertz CT molecular complexity index is 1250. The largest absolute Gasteiger partial charge is 0.369 e. The van der Waals surface area contributed by atoms with Crippen LogP contribution in [0.3, 0.4) is 0 Å². The zero-order chi connectivity index (χ0) is 25.3. The average molecular weight is 486 g/mol. The first-order valence-corrected chi connectivity index (χ1v) is 11.7. The maximum Gasteiger partial charge on any atom is 0.252 e. The average Bonchev–Trinajstić information content (AvgIpc) is 2.92. The zero-order valence-electron chi connectivity index (χ0n) is 19.8. The molecular weight excluding hydrogens is 458 g/mol. The van der Waals surface area contributed by atoms with Crippen LogP contribution in [0, 0.1) is 11.3 Å². The van der Waals surface area contributed by atoms with Gasteiger partial charge in [-0.1, -0.05) is 30.3 Å². The molecule has 1 aliphatic rings. The zero-order valence-corrected chi connectivity index (χ0v) is 19.8. The van der Waals surface area contributed by atoms with Crippen molar-refractivity contribution in [1.29, 1.82) is 5.26 Å². The summed E-state index contributed by atoms with van der Waals surface area (Å²) in [6.07, 6.45) is 1.20. The number of nitriles is 1. The summed E-state index contributed by atoms with van der Waals surface area (Å²) in [6.45, 7) is 3.28. The van der Waals surface area contributed by atoms with E-state index in [-0.39, 0.29) is 30.6 Å². The lowest BCUT2D eigenvalue weighted by Gasteiger charge is -2.31. The standard InChI is InChI=1S/C26H27N7O3/c1-2-28-25(35)20-6-4-3-5-19(20)22-15-31-23(16-36-22)33-26-30-13-11-21(32-26)17-7-9-18(10-8-17)24(34)29-14-12-27/h3-11,13,22-23,31H,2,14-16H2,1H3,(H,28,35)(H,29,34)(H,30,32,33). The van der Waals surface area contributed by atoms with Gasteiger partial charge in [-0.25, -0.2) is 9.97 Å². The second kappa shape index (κ2) is 11.9. The number of carbonyl (C=O) groups excluding carboxylic acids is 2. The molecule has 4 rings (SSSR count). The van der Waals surface area contributed by atoms with Crippen molar-refractivity contribution in [2.24, 2.45) is 0 Å². The van der Waals surface area contributed by atoms with Crippen LogP contribution in [0.5, 0.6) is 0 Å². The Morgan fingerprint density at radius 3 is 2.64 bits per heavy atom. The Balaban J connectivity index is 1.37. The maximum absolute atomic E-state index is 12.4. The smallest absolute Gasteiger partial charge is 0.252 e. The minimum atomic E-state index is -0.302. The first-order chi connectivity index (χ1) is 17.6. The van der Waals surface area contributed by atoms with Crippen molar-refractivity contribution in [2.75, 3.05) is 31.6 Å². The number of aromatic nitrogens is 2. The molecule has 1 aromatic heterocycles. The van der Waals surface area contributed by atoms with Gasteiger partial charge in [0.15, 0.2) is 0 Å². The molecule has 2 amide bonds. The first-order valence-electron chi connectivity index (χ1n) is 11.7. The van der Waals surface area contributed by atoms with E-state index in [1.807, 2.05) is 31.2 Å². The molecule has 3 aromatic rings. The number of nitrogens with zero attached hydrogens (tertiary/aromatic N) is 3. The van der Waals surface area contributed by atoms with E-state index in [9.17, 15) is 9.59 Å². The van der Waals surface area contributed by atoms with E-state index < -0.39 is 0 Å². The van der Waals surface area contributed by atoms with E-state index in [1.54, 1.807) is 42.6 Å². The molecule has 1 fully saturated rings. The molecule has 1 saturated heterocycles. The van der Waals surface area contributed by atoms with Crippen LogP contribution in [-0.4, -0.2) is 54.2 Å². The first kappa shape index (κ1) is 24.8. The molecule has 0 radical (unpaired) electrons. The van der Waals surface area contributed by atoms with Crippen molar-refractivity contribution in [3.05, 3.63) is 77.5 Å². The van der Waals surface area contributed by atoms with Crippen molar-refractivity contribution < 1.29 is 14.3 Å². The number of hydrogen-bond acceptors (Lipinski definition) is 8. The molecule has 4 N–H and O–H groups in total. The van der Waals surface area contributed by atoms with E-state index in [0.717, 1.165) is 11.1 Å². The number of nitrogens with one attached hydrogen (secondary N) is 4. The quantitative estimate of drug-likeness (QED) is 0.356. The molecular formula is C26H27N7O3. The molecule has 0 spiro atoms. The lowest BCUT2D eigenvalue weighted by molar-refractivity contribution is 0.00824.